The molecule has 2 aromatic carbocycles. The number of anilines is 1. The third kappa shape index (κ3) is 3.42. The van der Waals surface area contributed by atoms with Crippen molar-refractivity contribution < 1.29 is 13.9 Å². The monoisotopic (exact) mass is 343 g/mol. The highest BCUT2D eigenvalue weighted by atomic mass is 19.1. The highest BCUT2D eigenvalue weighted by Gasteiger charge is 2.12. The SMILES string of the molecule is COc1cccc(NC(=O)Cn2c(=O)c(=O)[nH]c3cc(F)ccc32)c1. The largest absolute Gasteiger partial charge is 0.497 e. The lowest BCUT2D eigenvalue weighted by atomic mass is 10.2. The van der Waals surface area contributed by atoms with Gasteiger partial charge in [-0.2, -0.15) is 0 Å². The zero-order chi connectivity index (χ0) is 18.0. The lowest BCUT2D eigenvalue weighted by Crippen LogP contribution is -2.38. The zero-order valence-electron chi connectivity index (χ0n) is 13.2. The fraction of sp³-hybridized carbons (Fsp3) is 0.118. The number of amides is 1. The van der Waals surface area contributed by atoms with Crippen molar-refractivity contribution in [2.24, 2.45) is 0 Å². The van der Waals surface area contributed by atoms with Gasteiger partial charge < -0.3 is 15.0 Å². The topological polar surface area (TPSA) is 93.2 Å². The Morgan fingerprint density at radius 2 is 2.04 bits per heavy atom. The summed E-state index contributed by atoms with van der Waals surface area (Å²) in [6.07, 6.45) is 0. The van der Waals surface area contributed by atoms with Crippen LogP contribution in [-0.4, -0.2) is 22.6 Å². The first kappa shape index (κ1) is 16.4. The average molecular weight is 343 g/mol. The van der Waals surface area contributed by atoms with Gasteiger partial charge in [-0.05, 0) is 30.3 Å². The molecule has 1 heterocycles. The highest BCUT2D eigenvalue weighted by molar-refractivity contribution is 5.91. The summed E-state index contributed by atoms with van der Waals surface area (Å²) in [6.45, 7) is -0.387. The summed E-state index contributed by atoms with van der Waals surface area (Å²) in [7, 11) is 1.50. The summed E-state index contributed by atoms with van der Waals surface area (Å²) >= 11 is 0. The number of hydrogen-bond acceptors (Lipinski definition) is 4. The second kappa shape index (κ2) is 6.60. The number of halogens is 1. The third-order valence-electron chi connectivity index (χ3n) is 3.59. The molecule has 3 aromatic rings. The van der Waals surface area contributed by atoms with E-state index in [2.05, 4.69) is 10.3 Å². The molecule has 3 rings (SSSR count). The molecular weight excluding hydrogens is 329 g/mol. The van der Waals surface area contributed by atoms with Gasteiger partial charge in [0, 0.05) is 11.8 Å². The van der Waals surface area contributed by atoms with Crippen molar-refractivity contribution in [3.05, 3.63) is 69.0 Å². The van der Waals surface area contributed by atoms with Gasteiger partial charge in [0.2, 0.25) is 5.91 Å². The van der Waals surface area contributed by atoms with Gasteiger partial charge in [0.25, 0.3) is 0 Å². The van der Waals surface area contributed by atoms with Crippen LogP contribution in [0.4, 0.5) is 10.1 Å². The van der Waals surface area contributed by atoms with Crippen LogP contribution in [-0.2, 0) is 11.3 Å². The number of rotatable bonds is 4. The zero-order valence-corrected chi connectivity index (χ0v) is 13.2. The lowest BCUT2D eigenvalue weighted by Gasteiger charge is -2.11. The van der Waals surface area contributed by atoms with Crippen molar-refractivity contribution in [1.82, 2.24) is 9.55 Å². The van der Waals surface area contributed by atoms with E-state index in [1.165, 1.54) is 13.2 Å². The summed E-state index contributed by atoms with van der Waals surface area (Å²) in [4.78, 5) is 38.4. The van der Waals surface area contributed by atoms with Crippen LogP contribution in [0.25, 0.3) is 11.0 Å². The molecule has 0 spiro atoms. The van der Waals surface area contributed by atoms with Gasteiger partial charge in [-0.25, -0.2) is 4.39 Å². The van der Waals surface area contributed by atoms with E-state index in [0.29, 0.717) is 11.4 Å². The van der Waals surface area contributed by atoms with E-state index >= 15 is 0 Å². The maximum atomic E-state index is 13.3. The summed E-state index contributed by atoms with van der Waals surface area (Å²) < 4.78 is 19.4. The standard InChI is InChI=1S/C17H14FN3O4/c1-25-12-4-2-3-11(8-12)19-15(22)9-21-14-6-5-10(18)7-13(14)20-16(23)17(21)24/h2-8H,9H2,1H3,(H,19,22)(H,20,23). The van der Waals surface area contributed by atoms with Crippen molar-refractivity contribution >= 4 is 22.6 Å². The second-order valence-corrected chi connectivity index (χ2v) is 5.29. The molecule has 1 aromatic heterocycles. The number of methoxy groups -OCH3 is 1. The molecule has 0 saturated heterocycles. The van der Waals surface area contributed by atoms with Gasteiger partial charge in [-0.1, -0.05) is 6.07 Å². The molecule has 0 fully saturated rings. The summed E-state index contributed by atoms with van der Waals surface area (Å²) in [6, 6.07) is 10.3. The van der Waals surface area contributed by atoms with Gasteiger partial charge in [-0.3, -0.25) is 19.0 Å². The summed E-state index contributed by atoms with van der Waals surface area (Å²) in [5.41, 5.74) is -0.935. The first-order chi connectivity index (χ1) is 12.0. The number of hydrogen-bond donors (Lipinski definition) is 2. The number of ether oxygens (including phenoxy) is 1. The van der Waals surface area contributed by atoms with E-state index in [1.807, 2.05) is 0 Å². The van der Waals surface area contributed by atoms with Crippen molar-refractivity contribution in [1.29, 1.82) is 0 Å². The molecule has 0 atom stereocenters. The van der Waals surface area contributed by atoms with E-state index in [1.54, 1.807) is 24.3 Å². The van der Waals surface area contributed by atoms with Crippen LogP contribution in [0.2, 0.25) is 0 Å². The maximum absolute atomic E-state index is 13.3. The Kier molecular flexibility index (Phi) is 4.34. The normalized spacial score (nSPS) is 10.6. The number of fused-ring (bicyclic) bond motifs is 1. The fourth-order valence-electron chi connectivity index (χ4n) is 2.45. The minimum absolute atomic E-state index is 0.138. The van der Waals surface area contributed by atoms with Crippen LogP contribution in [0, 0.1) is 5.82 Å². The number of H-pyrrole nitrogens is 1. The highest BCUT2D eigenvalue weighted by Crippen LogP contribution is 2.17. The van der Waals surface area contributed by atoms with Crippen LogP contribution in [0.15, 0.2) is 52.1 Å². The molecule has 0 saturated carbocycles. The van der Waals surface area contributed by atoms with Gasteiger partial charge in [0.1, 0.15) is 18.1 Å². The van der Waals surface area contributed by atoms with Gasteiger partial charge >= 0.3 is 11.1 Å². The van der Waals surface area contributed by atoms with Crippen molar-refractivity contribution in [3.8, 4) is 5.75 Å². The summed E-state index contributed by atoms with van der Waals surface area (Å²) in [5, 5.41) is 2.62. The number of benzene rings is 2. The average Bonchev–Trinajstić information content (AvgIpc) is 2.59. The molecule has 25 heavy (non-hydrogen) atoms. The smallest absolute Gasteiger partial charge is 0.317 e. The minimum atomic E-state index is -0.924. The number of carbonyl (C=O) groups excluding carboxylic acids is 1. The van der Waals surface area contributed by atoms with E-state index in [0.717, 1.165) is 16.7 Å². The molecule has 128 valence electrons. The Morgan fingerprint density at radius 1 is 1.24 bits per heavy atom. The molecule has 0 bridgehead atoms. The van der Waals surface area contributed by atoms with E-state index in [-0.39, 0.29) is 17.6 Å². The molecule has 0 aliphatic heterocycles. The summed E-state index contributed by atoms with van der Waals surface area (Å²) in [5.74, 6) is -0.507. The number of aromatic amines is 1. The minimum Gasteiger partial charge on any atom is -0.497 e. The lowest BCUT2D eigenvalue weighted by molar-refractivity contribution is -0.116. The first-order valence-corrected chi connectivity index (χ1v) is 7.34. The second-order valence-electron chi connectivity index (χ2n) is 5.29. The Balaban J connectivity index is 1.94. The predicted octanol–water partition coefficient (Wildman–Crippen LogP) is 1.48. The van der Waals surface area contributed by atoms with Crippen LogP contribution in [0.5, 0.6) is 5.75 Å². The van der Waals surface area contributed by atoms with Crippen LogP contribution < -0.4 is 21.2 Å². The Hall–Kier alpha value is -3.42. The molecular formula is C17H14FN3O4. The molecule has 8 heteroatoms. The van der Waals surface area contributed by atoms with Crippen molar-refractivity contribution in [2.45, 2.75) is 6.54 Å². The van der Waals surface area contributed by atoms with E-state index in [9.17, 15) is 18.8 Å². The van der Waals surface area contributed by atoms with Gasteiger partial charge in [0.05, 0.1) is 18.1 Å². The molecule has 0 radical (unpaired) electrons. The van der Waals surface area contributed by atoms with Crippen molar-refractivity contribution in [2.75, 3.05) is 12.4 Å². The number of nitrogens with one attached hydrogen (secondary N) is 2. The molecule has 0 unspecified atom stereocenters. The van der Waals surface area contributed by atoms with Crippen LogP contribution in [0.1, 0.15) is 0 Å². The quantitative estimate of drug-likeness (QED) is 0.702. The Morgan fingerprint density at radius 3 is 2.80 bits per heavy atom. The molecule has 1 amide bonds. The van der Waals surface area contributed by atoms with Crippen LogP contribution in [0.3, 0.4) is 0 Å². The van der Waals surface area contributed by atoms with Gasteiger partial charge in [-0.15, -0.1) is 0 Å². The van der Waals surface area contributed by atoms with Crippen LogP contribution >= 0.6 is 0 Å². The van der Waals surface area contributed by atoms with E-state index in [4.69, 9.17) is 4.74 Å². The molecule has 0 aliphatic carbocycles. The number of carbonyl (C=O) groups is 1. The first-order valence-electron chi connectivity index (χ1n) is 7.34. The Bertz CT molecular complexity index is 1070. The third-order valence-corrected chi connectivity index (χ3v) is 3.59. The van der Waals surface area contributed by atoms with E-state index < -0.39 is 22.8 Å². The fourth-order valence-corrected chi connectivity index (χ4v) is 2.45. The number of aromatic nitrogens is 2. The maximum Gasteiger partial charge on any atom is 0.317 e. The number of nitrogens with zero attached hydrogens (tertiary/aromatic N) is 1. The Labute approximate surface area is 140 Å². The molecule has 0 aliphatic rings. The van der Waals surface area contributed by atoms with Crippen molar-refractivity contribution in [3.63, 3.8) is 0 Å². The molecule has 7 nitrogen and oxygen atoms in total. The predicted molar refractivity (Wildman–Crippen MR) is 90.4 cm³/mol. The molecule has 2 N–H and O–H groups in total. The van der Waals surface area contributed by atoms with Gasteiger partial charge in [0.15, 0.2) is 0 Å².